The van der Waals surface area contributed by atoms with Gasteiger partial charge in [0.1, 0.15) is 11.9 Å². The monoisotopic (exact) mass is 494 g/mol. The average Bonchev–Trinajstić information content (AvgIpc) is 2.92. The van der Waals surface area contributed by atoms with Gasteiger partial charge in [-0.1, -0.05) is 103 Å². The van der Waals surface area contributed by atoms with E-state index in [4.69, 9.17) is 0 Å². The summed E-state index contributed by atoms with van der Waals surface area (Å²) in [6.45, 7) is 2.58. The van der Waals surface area contributed by atoms with Gasteiger partial charge in [-0.25, -0.2) is 4.39 Å². The van der Waals surface area contributed by atoms with E-state index in [1.807, 2.05) is 91.9 Å². The minimum atomic E-state index is -0.742. The molecule has 188 valence electrons. The highest BCUT2D eigenvalue weighted by atomic mass is 19.1. The summed E-state index contributed by atoms with van der Waals surface area (Å²) < 4.78 is 13.6. The summed E-state index contributed by atoms with van der Waals surface area (Å²) in [5, 5.41) is 3.04. The van der Waals surface area contributed by atoms with E-state index in [0.717, 1.165) is 27.8 Å². The summed E-state index contributed by atoms with van der Waals surface area (Å²) in [5.74, 6) is -0.738. The van der Waals surface area contributed by atoms with Crippen molar-refractivity contribution in [1.82, 2.24) is 10.2 Å². The molecule has 0 saturated heterocycles. The Balaban J connectivity index is 1.63. The number of halogens is 1. The summed E-state index contributed by atoms with van der Waals surface area (Å²) in [7, 11) is 0. The van der Waals surface area contributed by atoms with Crippen LogP contribution in [0.3, 0.4) is 0 Å². The number of hydrogen-bond acceptors (Lipinski definition) is 2. The first kappa shape index (κ1) is 25.8. The molecular weight excluding hydrogens is 463 g/mol. The normalized spacial score (nSPS) is 11.5. The van der Waals surface area contributed by atoms with Gasteiger partial charge in [0.2, 0.25) is 11.8 Å². The topological polar surface area (TPSA) is 49.4 Å². The van der Waals surface area contributed by atoms with Gasteiger partial charge in [-0.15, -0.1) is 0 Å². The molecule has 5 heteroatoms. The number of nitrogens with zero attached hydrogens (tertiary/aromatic N) is 1. The molecule has 37 heavy (non-hydrogen) atoms. The molecule has 0 heterocycles. The van der Waals surface area contributed by atoms with E-state index >= 15 is 0 Å². The number of rotatable bonds is 10. The quantitative estimate of drug-likeness (QED) is 0.311. The lowest BCUT2D eigenvalue weighted by Gasteiger charge is -2.32. The summed E-state index contributed by atoms with van der Waals surface area (Å²) in [5.41, 5.74) is 4.71. The molecule has 0 saturated carbocycles. The Bertz CT molecular complexity index is 1290. The fourth-order valence-corrected chi connectivity index (χ4v) is 4.23. The van der Waals surface area contributed by atoms with E-state index < -0.39 is 6.04 Å². The maximum Gasteiger partial charge on any atom is 0.243 e. The molecule has 0 fully saturated rings. The molecule has 2 amide bonds. The Morgan fingerprint density at radius 2 is 1.30 bits per heavy atom. The highest BCUT2D eigenvalue weighted by Crippen LogP contribution is 2.17. The zero-order chi connectivity index (χ0) is 26.0. The van der Waals surface area contributed by atoms with Gasteiger partial charge in [0.05, 0.1) is 6.42 Å². The highest BCUT2D eigenvalue weighted by Gasteiger charge is 2.30. The van der Waals surface area contributed by atoms with E-state index in [1.165, 1.54) is 12.1 Å². The molecule has 0 unspecified atom stereocenters. The molecule has 4 aromatic rings. The molecule has 1 N–H and O–H groups in total. The van der Waals surface area contributed by atoms with Crippen molar-refractivity contribution in [3.8, 4) is 0 Å². The Morgan fingerprint density at radius 1 is 0.730 bits per heavy atom. The Hall–Kier alpha value is -4.25. The van der Waals surface area contributed by atoms with E-state index in [9.17, 15) is 14.0 Å². The van der Waals surface area contributed by atoms with Gasteiger partial charge in [-0.3, -0.25) is 9.59 Å². The molecule has 0 aliphatic heterocycles. The standard InChI is InChI=1S/C32H31FN2O2/c1-24-12-14-27(15-13-24)22-34-32(37)30(20-25-8-4-2-5-9-25)35(23-28-16-18-29(33)19-17-28)31(36)21-26-10-6-3-7-11-26/h2-19,30H,20-23H2,1H3,(H,34,37)/t30-/m0/s1. The zero-order valence-electron chi connectivity index (χ0n) is 20.9. The van der Waals surface area contributed by atoms with Crippen LogP contribution in [0.25, 0.3) is 0 Å². The Labute approximate surface area is 217 Å². The molecule has 0 radical (unpaired) electrons. The number of carbonyl (C=O) groups is 2. The van der Waals surface area contributed by atoms with Gasteiger partial charge >= 0.3 is 0 Å². The van der Waals surface area contributed by atoms with E-state index in [1.54, 1.807) is 17.0 Å². The summed E-state index contributed by atoms with van der Waals surface area (Å²) in [6.07, 6.45) is 0.529. The van der Waals surface area contributed by atoms with Crippen LogP contribution < -0.4 is 5.32 Å². The molecule has 0 aliphatic rings. The van der Waals surface area contributed by atoms with Crippen LogP contribution in [0.2, 0.25) is 0 Å². The number of carbonyl (C=O) groups excluding carboxylic acids is 2. The molecule has 0 aliphatic carbocycles. The third kappa shape index (κ3) is 7.61. The van der Waals surface area contributed by atoms with Crippen molar-refractivity contribution in [1.29, 1.82) is 0 Å². The van der Waals surface area contributed by atoms with E-state index in [2.05, 4.69) is 5.32 Å². The minimum Gasteiger partial charge on any atom is -0.350 e. The third-order valence-corrected chi connectivity index (χ3v) is 6.32. The van der Waals surface area contributed by atoms with Crippen LogP contribution >= 0.6 is 0 Å². The first-order chi connectivity index (χ1) is 18.0. The predicted octanol–water partition coefficient (Wildman–Crippen LogP) is 5.63. The lowest BCUT2D eigenvalue weighted by Crippen LogP contribution is -2.50. The van der Waals surface area contributed by atoms with Crippen molar-refractivity contribution in [2.24, 2.45) is 0 Å². The minimum absolute atomic E-state index is 0.165. The van der Waals surface area contributed by atoms with Gasteiger partial charge in [0.25, 0.3) is 0 Å². The second kappa shape index (κ2) is 12.6. The van der Waals surface area contributed by atoms with Crippen molar-refractivity contribution >= 4 is 11.8 Å². The second-order valence-electron chi connectivity index (χ2n) is 9.22. The van der Waals surface area contributed by atoms with Gasteiger partial charge < -0.3 is 10.2 Å². The number of nitrogens with one attached hydrogen (secondary N) is 1. The predicted molar refractivity (Wildman–Crippen MR) is 144 cm³/mol. The maximum absolute atomic E-state index is 13.7. The van der Waals surface area contributed by atoms with Crippen LogP contribution in [-0.4, -0.2) is 22.8 Å². The molecule has 4 aromatic carbocycles. The molecular formula is C32H31FN2O2. The van der Waals surface area contributed by atoms with E-state index in [-0.39, 0.29) is 30.6 Å². The number of hydrogen-bond donors (Lipinski definition) is 1. The average molecular weight is 495 g/mol. The van der Waals surface area contributed by atoms with Gasteiger partial charge in [0, 0.05) is 19.5 Å². The summed E-state index contributed by atoms with van der Waals surface area (Å²) in [4.78, 5) is 29.0. The largest absolute Gasteiger partial charge is 0.350 e. The first-order valence-electron chi connectivity index (χ1n) is 12.4. The lowest BCUT2D eigenvalue weighted by molar-refractivity contribution is -0.140. The smallest absolute Gasteiger partial charge is 0.243 e. The van der Waals surface area contributed by atoms with Crippen LogP contribution in [0, 0.1) is 12.7 Å². The molecule has 0 aromatic heterocycles. The van der Waals surface area contributed by atoms with Crippen LogP contribution in [0.4, 0.5) is 4.39 Å². The van der Waals surface area contributed by atoms with E-state index in [0.29, 0.717) is 13.0 Å². The van der Waals surface area contributed by atoms with Crippen molar-refractivity contribution in [3.63, 3.8) is 0 Å². The SMILES string of the molecule is Cc1ccc(CNC(=O)[C@H](Cc2ccccc2)N(Cc2ccc(F)cc2)C(=O)Cc2ccccc2)cc1. The second-order valence-corrected chi connectivity index (χ2v) is 9.22. The molecule has 0 bridgehead atoms. The van der Waals surface area contributed by atoms with Crippen molar-refractivity contribution in [3.05, 3.63) is 143 Å². The molecule has 0 spiro atoms. The molecule has 4 nitrogen and oxygen atoms in total. The van der Waals surface area contributed by atoms with Crippen LogP contribution in [0.1, 0.15) is 27.8 Å². The van der Waals surface area contributed by atoms with Crippen LogP contribution in [0.5, 0.6) is 0 Å². The number of aryl methyl sites for hydroxylation is 1. The fraction of sp³-hybridized carbons (Fsp3) is 0.188. The van der Waals surface area contributed by atoms with Crippen molar-refractivity contribution in [2.45, 2.75) is 38.9 Å². The van der Waals surface area contributed by atoms with Gasteiger partial charge in [0.15, 0.2) is 0 Å². The van der Waals surface area contributed by atoms with Gasteiger partial charge in [-0.2, -0.15) is 0 Å². The summed E-state index contributed by atoms with van der Waals surface area (Å²) >= 11 is 0. The van der Waals surface area contributed by atoms with Crippen LogP contribution in [0.15, 0.2) is 109 Å². The van der Waals surface area contributed by atoms with Gasteiger partial charge in [-0.05, 0) is 41.3 Å². The zero-order valence-corrected chi connectivity index (χ0v) is 20.9. The molecule has 1 atom stereocenters. The first-order valence-corrected chi connectivity index (χ1v) is 12.4. The lowest BCUT2D eigenvalue weighted by atomic mass is 10.0. The van der Waals surface area contributed by atoms with Crippen molar-refractivity contribution in [2.75, 3.05) is 0 Å². The number of benzene rings is 4. The number of amides is 2. The summed E-state index contributed by atoms with van der Waals surface area (Å²) in [6, 6.07) is 32.5. The Kier molecular flexibility index (Phi) is 8.82. The highest BCUT2D eigenvalue weighted by molar-refractivity contribution is 5.88. The van der Waals surface area contributed by atoms with Crippen molar-refractivity contribution < 1.29 is 14.0 Å². The van der Waals surface area contributed by atoms with Crippen LogP contribution in [-0.2, 0) is 35.5 Å². The Morgan fingerprint density at radius 3 is 1.92 bits per heavy atom. The molecule has 4 rings (SSSR count). The maximum atomic E-state index is 13.7. The third-order valence-electron chi connectivity index (χ3n) is 6.32. The fourth-order valence-electron chi connectivity index (χ4n) is 4.23.